The number of hydrogen-bond donors (Lipinski definition) is 1. The van der Waals surface area contributed by atoms with Gasteiger partial charge in [0, 0.05) is 13.1 Å². The van der Waals surface area contributed by atoms with Gasteiger partial charge in [0.25, 0.3) is 0 Å². The van der Waals surface area contributed by atoms with Crippen molar-refractivity contribution in [2.24, 2.45) is 5.73 Å². The average molecular weight is 232 g/mol. The van der Waals surface area contributed by atoms with Crippen molar-refractivity contribution in [3.8, 4) is 0 Å². The number of amides is 1. The van der Waals surface area contributed by atoms with E-state index in [2.05, 4.69) is 0 Å². The molecule has 0 radical (unpaired) electrons. The van der Waals surface area contributed by atoms with E-state index in [-0.39, 0.29) is 5.91 Å². The second-order valence-corrected chi connectivity index (χ2v) is 3.89. The van der Waals surface area contributed by atoms with Crippen LogP contribution < -0.4 is 5.73 Å². The molecule has 0 bridgehead atoms. The van der Waals surface area contributed by atoms with Crippen LogP contribution in [0.3, 0.4) is 0 Å². The Morgan fingerprint density at radius 2 is 2.06 bits per heavy atom. The van der Waals surface area contributed by atoms with Gasteiger partial charge in [-0.05, 0) is 31.5 Å². The third-order valence-electron chi connectivity index (χ3n) is 2.47. The summed E-state index contributed by atoms with van der Waals surface area (Å²) in [7, 11) is 0. The van der Waals surface area contributed by atoms with E-state index >= 15 is 0 Å². The number of rotatable bonds is 6. The van der Waals surface area contributed by atoms with Crippen LogP contribution in [-0.4, -0.2) is 23.9 Å². The first-order chi connectivity index (χ1) is 8.27. The number of benzene rings is 1. The van der Waals surface area contributed by atoms with E-state index in [1.54, 1.807) is 12.2 Å². The van der Waals surface area contributed by atoms with E-state index in [1.165, 1.54) is 0 Å². The Morgan fingerprint density at radius 1 is 1.35 bits per heavy atom. The fourth-order valence-corrected chi connectivity index (χ4v) is 1.60. The van der Waals surface area contributed by atoms with Gasteiger partial charge >= 0.3 is 0 Å². The molecule has 0 spiro atoms. The first-order valence-electron chi connectivity index (χ1n) is 5.93. The van der Waals surface area contributed by atoms with Gasteiger partial charge < -0.3 is 10.6 Å². The number of carbonyl (C=O) groups is 1. The van der Waals surface area contributed by atoms with Gasteiger partial charge in [0.15, 0.2) is 0 Å². The summed E-state index contributed by atoms with van der Waals surface area (Å²) in [4.78, 5) is 13.7. The number of nitrogens with zero attached hydrogens (tertiary/aromatic N) is 1. The fraction of sp³-hybridized carbons (Fsp3) is 0.357. The van der Waals surface area contributed by atoms with Gasteiger partial charge in [-0.2, -0.15) is 0 Å². The molecule has 0 saturated heterocycles. The fourth-order valence-electron chi connectivity index (χ4n) is 1.60. The summed E-state index contributed by atoms with van der Waals surface area (Å²) >= 11 is 0. The van der Waals surface area contributed by atoms with E-state index < -0.39 is 0 Å². The Labute approximate surface area is 103 Å². The highest BCUT2D eigenvalue weighted by molar-refractivity contribution is 5.87. The number of allylic oxidation sites excluding steroid dienone is 1. The van der Waals surface area contributed by atoms with Crippen LogP contribution in [0.5, 0.6) is 0 Å². The minimum Gasteiger partial charge on any atom is -0.335 e. The van der Waals surface area contributed by atoms with Crippen molar-refractivity contribution in [1.82, 2.24) is 4.90 Å². The third kappa shape index (κ3) is 4.83. The largest absolute Gasteiger partial charge is 0.335 e. The molecule has 0 aliphatic heterocycles. The molecule has 1 rings (SSSR count). The zero-order valence-electron chi connectivity index (χ0n) is 10.3. The Balaban J connectivity index is 2.66. The first-order valence-corrected chi connectivity index (χ1v) is 5.93. The van der Waals surface area contributed by atoms with Crippen molar-refractivity contribution < 1.29 is 4.79 Å². The maximum Gasteiger partial charge on any atom is 0.246 e. The van der Waals surface area contributed by atoms with Gasteiger partial charge in [-0.3, -0.25) is 4.79 Å². The van der Waals surface area contributed by atoms with Gasteiger partial charge in [0.05, 0.1) is 0 Å². The summed E-state index contributed by atoms with van der Waals surface area (Å²) in [5, 5.41) is 0. The lowest BCUT2D eigenvalue weighted by atomic mass is 10.2. The molecule has 0 saturated carbocycles. The van der Waals surface area contributed by atoms with Gasteiger partial charge in [0.2, 0.25) is 5.91 Å². The summed E-state index contributed by atoms with van der Waals surface area (Å²) in [6.07, 6.45) is 4.19. The molecule has 1 amide bonds. The van der Waals surface area contributed by atoms with Gasteiger partial charge in [-0.25, -0.2) is 0 Å². The van der Waals surface area contributed by atoms with Crippen molar-refractivity contribution in [3.05, 3.63) is 48.0 Å². The molecule has 0 atom stereocenters. The summed E-state index contributed by atoms with van der Waals surface area (Å²) in [5.41, 5.74) is 6.63. The minimum atomic E-state index is 0.0461. The predicted octanol–water partition coefficient (Wildman–Crippen LogP) is 1.94. The molecule has 0 fully saturated rings. The minimum absolute atomic E-state index is 0.0461. The van der Waals surface area contributed by atoms with Crippen LogP contribution in [0.15, 0.2) is 42.5 Å². The molecule has 0 unspecified atom stereocenters. The molecule has 3 nitrogen and oxygen atoms in total. The van der Waals surface area contributed by atoms with Crippen LogP contribution in [0.2, 0.25) is 0 Å². The monoisotopic (exact) mass is 232 g/mol. The van der Waals surface area contributed by atoms with E-state index in [9.17, 15) is 4.79 Å². The quantitative estimate of drug-likeness (QED) is 0.762. The lowest BCUT2D eigenvalue weighted by molar-refractivity contribution is -0.126. The molecule has 0 heterocycles. The van der Waals surface area contributed by atoms with Crippen LogP contribution in [-0.2, 0) is 11.3 Å². The third-order valence-corrected chi connectivity index (χ3v) is 2.47. The zero-order valence-corrected chi connectivity index (χ0v) is 10.3. The van der Waals surface area contributed by atoms with E-state index in [0.29, 0.717) is 19.6 Å². The predicted molar refractivity (Wildman–Crippen MR) is 70.3 cm³/mol. The van der Waals surface area contributed by atoms with Crippen molar-refractivity contribution in [2.75, 3.05) is 13.1 Å². The lowest BCUT2D eigenvalue weighted by Crippen LogP contribution is -2.31. The molecule has 3 heteroatoms. The highest BCUT2D eigenvalue weighted by atomic mass is 16.2. The smallest absolute Gasteiger partial charge is 0.246 e. The van der Waals surface area contributed by atoms with E-state index in [0.717, 1.165) is 12.0 Å². The Morgan fingerprint density at radius 3 is 2.65 bits per heavy atom. The molecule has 17 heavy (non-hydrogen) atoms. The van der Waals surface area contributed by atoms with Crippen molar-refractivity contribution in [2.45, 2.75) is 19.9 Å². The first kappa shape index (κ1) is 13.5. The summed E-state index contributed by atoms with van der Waals surface area (Å²) in [6.45, 7) is 3.80. The van der Waals surface area contributed by atoms with Crippen LogP contribution in [0.4, 0.5) is 0 Å². The normalized spacial score (nSPS) is 10.7. The van der Waals surface area contributed by atoms with E-state index in [4.69, 9.17) is 5.73 Å². The van der Waals surface area contributed by atoms with Gasteiger partial charge in [0.1, 0.15) is 0 Å². The number of carbonyl (C=O) groups excluding carboxylic acids is 1. The lowest BCUT2D eigenvalue weighted by Gasteiger charge is -2.21. The molecule has 1 aromatic carbocycles. The van der Waals surface area contributed by atoms with Crippen LogP contribution >= 0.6 is 0 Å². The SMILES string of the molecule is C/C=C/C(=O)N(CCCN)Cc1ccccc1. The Hall–Kier alpha value is -1.61. The maximum atomic E-state index is 11.9. The molecule has 0 aliphatic rings. The highest BCUT2D eigenvalue weighted by Gasteiger charge is 2.09. The topological polar surface area (TPSA) is 46.3 Å². The number of nitrogens with two attached hydrogens (primary N) is 1. The Bertz CT molecular complexity index is 360. The van der Waals surface area contributed by atoms with E-state index in [1.807, 2.05) is 42.2 Å². The zero-order chi connectivity index (χ0) is 12.5. The second kappa shape index (κ2) is 7.63. The summed E-state index contributed by atoms with van der Waals surface area (Å²) in [5.74, 6) is 0.0461. The van der Waals surface area contributed by atoms with Gasteiger partial charge in [-0.15, -0.1) is 0 Å². The summed E-state index contributed by atoms with van der Waals surface area (Å²) < 4.78 is 0. The van der Waals surface area contributed by atoms with Crippen molar-refractivity contribution in [1.29, 1.82) is 0 Å². The molecule has 0 aromatic heterocycles. The molecule has 0 aliphatic carbocycles. The maximum absolute atomic E-state index is 11.9. The average Bonchev–Trinajstić information content (AvgIpc) is 2.36. The number of hydrogen-bond acceptors (Lipinski definition) is 2. The highest BCUT2D eigenvalue weighted by Crippen LogP contribution is 2.05. The Kier molecular flexibility index (Phi) is 6.04. The van der Waals surface area contributed by atoms with Crippen molar-refractivity contribution in [3.63, 3.8) is 0 Å². The molecule has 1 aromatic rings. The molecule has 92 valence electrons. The standard InChI is InChI=1S/C14H20N2O/c1-2-7-14(17)16(11-6-10-15)12-13-8-4-3-5-9-13/h2-5,7-9H,6,10-12,15H2,1H3/b7-2+. The van der Waals surface area contributed by atoms with Gasteiger partial charge in [-0.1, -0.05) is 36.4 Å². The van der Waals surface area contributed by atoms with Crippen LogP contribution in [0, 0.1) is 0 Å². The molecule has 2 N–H and O–H groups in total. The van der Waals surface area contributed by atoms with Crippen LogP contribution in [0.1, 0.15) is 18.9 Å². The van der Waals surface area contributed by atoms with Crippen molar-refractivity contribution >= 4 is 5.91 Å². The molecular weight excluding hydrogens is 212 g/mol. The van der Waals surface area contributed by atoms with Crippen LogP contribution in [0.25, 0.3) is 0 Å². The molecular formula is C14H20N2O. The second-order valence-electron chi connectivity index (χ2n) is 3.89. The summed E-state index contributed by atoms with van der Waals surface area (Å²) in [6, 6.07) is 9.99.